The van der Waals surface area contributed by atoms with Crippen LogP contribution in [0.1, 0.15) is 36.8 Å². The molecule has 0 bridgehead atoms. The third-order valence-corrected chi connectivity index (χ3v) is 6.65. The summed E-state index contributed by atoms with van der Waals surface area (Å²) in [5.41, 5.74) is 0.938. The number of methoxy groups -OCH3 is 1. The minimum absolute atomic E-state index is 0.00674. The molecule has 1 saturated carbocycles. The summed E-state index contributed by atoms with van der Waals surface area (Å²) in [4.78, 5) is 14.8. The van der Waals surface area contributed by atoms with Crippen molar-refractivity contribution in [3.8, 4) is 5.75 Å². The molecule has 2 aliphatic carbocycles. The molecule has 3 aliphatic rings. The van der Waals surface area contributed by atoms with Gasteiger partial charge in [-0.1, -0.05) is 6.07 Å². The standard InChI is InChI=1S/C18H22N2O3S/c1-20-15(22)18(19-16(20)24)14-9-12(21)4-3-11(14)10-17(18)7-5-13(23-2)6-8-17/h3-4,9,13,21H,5-8,10H2,1-2H3,(H,19,24). The van der Waals surface area contributed by atoms with Crippen molar-refractivity contribution in [3.05, 3.63) is 29.3 Å². The number of hydrogen-bond acceptors (Lipinski definition) is 4. The predicted molar refractivity (Wildman–Crippen MR) is 93.7 cm³/mol. The molecule has 1 unspecified atom stereocenters. The number of fused-ring (bicyclic) bond motifs is 3. The van der Waals surface area contributed by atoms with Gasteiger partial charge >= 0.3 is 0 Å². The summed E-state index contributed by atoms with van der Waals surface area (Å²) >= 11 is 5.40. The van der Waals surface area contributed by atoms with Crippen molar-refractivity contribution in [1.29, 1.82) is 0 Å². The Bertz CT molecular complexity index is 727. The van der Waals surface area contributed by atoms with Gasteiger partial charge < -0.3 is 15.2 Å². The fourth-order valence-corrected chi connectivity index (χ4v) is 5.20. The van der Waals surface area contributed by atoms with E-state index < -0.39 is 5.54 Å². The maximum absolute atomic E-state index is 13.3. The van der Waals surface area contributed by atoms with E-state index >= 15 is 0 Å². The number of rotatable bonds is 1. The zero-order valence-electron chi connectivity index (χ0n) is 14.0. The molecule has 0 radical (unpaired) electrons. The number of nitrogens with one attached hydrogen (secondary N) is 1. The second-order valence-electron chi connectivity index (χ2n) is 7.28. The van der Waals surface area contributed by atoms with Gasteiger partial charge in [-0.05, 0) is 67.6 Å². The summed E-state index contributed by atoms with van der Waals surface area (Å²) in [5.74, 6) is 0.179. The predicted octanol–water partition coefficient (Wildman–Crippen LogP) is 2.07. The van der Waals surface area contributed by atoms with Crippen molar-refractivity contribution < 1.29 is 14.6 Å². The zero-order chi connectivity index (χ0) is 17.1. The molecule has 2 N–H and O–H groups in total. The van der Waals surface area contributed by atoms with Crippen molar-refractivity contribution in [2.75, 3.05) is 14.2 Å². The molecular weight excluding hydrogens is 324 g/mol. The monoisotopic (exact) mass is 346 g/mol. The van der Waals surface area contributed by atoms with Crippen molar-refractivity contribution in [2.24, 2.45) is 5.41 Å². The highest BCUT2D eigenvalue weighted by Crippen LogP contribution is 2.60. The summed E-state index contributed by atoms with van der Waals surface area (Å²) < 4.78 is 5.53. The number of carbonyl (C=O) groups is 1. The van der Waals surface area contributed by atoms with E-state index in [1.807, 2.05) is 6.07 Å². The number of phenolic OH excluding ortho intramolecular Hbond substituents is 1. The first kappa shape index (κ1) is 15.8. The smallest absolute Gasteiger partial charge is 0.259 e. The van der Waals surface area contributed by atoms with Gasteiger partial charge in [0.15, 0.2) is 10.7 Å². The maximum atomic E-state index is 13.3. The van der Waals surface area contributed by atoms with Crippen LogP contribution in [0.3, 0.4) is 0 Å². The largest absolute Gasteiger partial charge is 0.508 e. The minimum atomic E-state index is -0.856. The van der Waals surface area contributed by atoms with E-state index in [4.69, 9.17) is 17.0 Å². The molecule has 1 aromatic carbocycles. The molecule has 1 amide bonds. The summed E-state index contributed by atoms with van der Waals surface area (Å²) in [6.07, 6.45) is 4.75. The van der Waals surface area contributed by atoms with Crippen LogP contribution in [0.5, 0.6) is 5.75 Å². The molecule has 1 saturated heterocycles. The van der Waals surface area contributed by atoms with Gasteiger partial charge in [0.25, 0.3) is 5.91 Å². The lowest BCUT2D eigenvalue weighted by Gasteiger charge is -2.46. The molecule has 4 rings (SSSR count). The first-order valence-corrected chi connectivity index (χ1v) is 8.80. The Hall–Kier alpha value is -1.66. The lowest BCUT2D eigenvalue weighted by molar-refractivity contribution is -0.137. The van der Waals surface area contributed by atoms with E-state index in [1.54, 1.807) is 31.2 Å². The van der Waals surface area contributed by atoms with E-state index in [9.17, 15) is 9.90 Å². The number of thiocarbonyl (C=S) groups is 1. The first-order chi connectivity index (χ1) is 11.4. The fraction of sp³-hybridized carbons (Fsp3) is 0.556. The van der Waals surface area contributed by atoms with Gasteiger partial charge in [-0.15, -0.1) is 0 Å². The van der Waals surface area contributed by atoms with Crippen LogP contribution in [0.25, 0.3) is 0 Å². The number of benzene rings is 1. The van der Waals surface area contributed by atoms with Crippen molar-refractivity contribution in [3.63, 3.8) is 0 Å². The molecule has 1 atom stereocenters. The van der Waals surface area contributed by atoms with Gasteiger partial charge in [0.2, 0.25) is 0 Å². The van der Waals surface area contributed by atoms with Crippen LogP contribution < -0.4 is 5.32 Å². The molecule has 1 aromatic rings. The summed E-state index contributed by atoms with van der Waals surface area (Å²) in [5, 5.41) is 13.8. The molecule has 1 aliphatic heterocycles. The van der Waals surface area contributed by atoms with E-state index in [1.165, 1.54) is 0 Å². The van der Waals surface area contributed by atoms with E-state index in [0.717, 1.165) is 43.2 Å². The summed E-state index contributed by atoms with van der Waals surface area (Å²) in [6.45, 7) is 0. The first-order valence-electron chi connectivity index (χ1n) is 8.39. The number of likely N-dealkylation sites (N-methyl/N-ethyl adjacent to an activating group) is 1. The van der Waals surface area contributed by atoms with Crippen LogP contribution in [0.15, 0.2) is 18.2 Å². The fourth-order valence-electron chi connectivity index (χ4n) is 4.97. The van der Waals surface area contributed by atoms with Gasteiger partial charge in [-0.25, -0.2) is 0 Å². The van der Waals surface area contributed by atoms with Crippen LogP contribution in [-0.2, 0) is 21.5 Å². The van der Waals surface area contributed by atoms with E-state index in [0.29, 0.717) is 5.11 Å². The van der Waals surface area contributed by atoms with Gasteiger partial charge in [-0.2, -0.15) is 0 Å². The Morgan fingerprint density at radius 1 is 1.38 bits per heavy atom. The quantitative estimate of drug-likeness (QED) is 0.762. The van der Waals surface area contributed by atoms with Crippen LogP contribution in [-0.4, -0.2) is 41.3 Å². The number of amides is 1. The lowest BCUT2D eigenvalue weighted by Crippen LogP contribution is -2.56. The van der Waals surface area contributed by atoms with Crippen LogP contribution in [0.2, 0.25) is 0 Å². The Labute approximate surface area is 147 Å². The van der Waals surface area contributed by atoms with Crippen LogP contribution in [0.4, 0.5) is 0 Å². The Balaban J connectivity index is 1.87. The summed E-state index contributed by atoms with van der Waals surface area (Å²) in [6, 6.07) is 5.38. The van der Waals surface area contributed by atoms with Crippen LogP contribution in [0, 0.1) is 5.41 Å². The molecular formula is C18H22N2O3S. The third kappa shape index (κ3) is 1.84. The molecule has 5 nitrogen and oxygen atoms in total. The van der Waals surface area contributed by atoms with Gasteiger partial charge in [0.05, 0.1) is 6.10 Å². The molecule has 128 valence electrons. The molecule has 0 aromatic heterocycles. The van der Waals surface area contributed by atoms with Gasteiger partial charge in [0.1, 0.15) is 5.75 Å². The SMILES string of the molecule is COC1CCC2(CC1)Cc1ccc(O)cc1C21NC(=S)N(C)C1=O. The molecule has 24 heavy (non-hydrogen) atoms. The van der Waals surface area contributed by atoms with Crippen molar-refractivity contribution in [1.82, 2.24) is 10.2 Å². The van der Waals surface area contributed by atoms with Crippen LogP contribution >= 0.6 is 12.2 Å². The highest BCUT2D eigenvalue weighted by Gasteiger charge is 2.66. The highest BCUT2D eigenvalue weighted by atomic mass is 32.1. The number of hydrogen-bond donors (Lipinski definition) is 2. The second-order valence-corrected chi connectivity index (χ2v) is 7.66. The third-order valence-electron chi connectivity index (χ3n) is 6.27. The molecule has 6 heteroatoms. The average molecular weight is 346 g/mol. The second kappa shape index (κ2) is 5.17. The number of nitrogens with zero attached hydrogens (tertiary/aromatic N) is 1. The average Bonchev–Trinajstić information content (AvgIpc) is 2.97. The number of carbonyl (C=O) groups excluding carboxylic acids is 1. The molecule has 2 spiro atoms. The van der Waals surface area contributed by atoms with Crippen molar-refractivity contribution >= 4 is 23.2 Å². The Morgan fingerprint density at radius 3 is 2.67 bits per heavy atom. The van der Waals surface area contributed by atoms with Crippen molar-refractivity contribution in [2.45, 2.75) is 43.7 Å². The lowest BCUT2D eigenvalue weighted by atomic mass is 9.61. The molecule has 1 heterocycles. The van der Waals surface area contributed by atoms with Gasteiger partial charge in [0, 0.05) is 19.6 Å². The van der Waals surface area contributed by atoms with E-state index in [-0.39, 0.29) is 23.2 Å². The molecule has 2 fully saturated rings. The number of aromatic hydroxyl groups is 1. The Kier molecular flexibility index (Phi) is 3.41. The number of ether oxygens (including phenoxy) is 1. The zero-order valence-corrected chi connectivity index (χ0v) is 14.8. The van der Waals surface area contributed by atoms with E-state index in [2.05, 4.69) is 5.32 Å². The normalized spacial score (nSPS) is 34.9. The highest BCUT2D eigenvalue weighted by molar-refractivity contribution is 7.80. The minimum Gasteiger partial charge on any atom is -0.508 e. The van der Waals surface area contributed by atoms with Gasteiger partial charge in [-0.3, -0.25) is 9.69 Å². The summed E-state index contributed by atoms with van der Waals surface area (Å²) in [7, 11) is 3.48. The topological polar surface area (TPSA) is 61.8 Å². The maximum Gasteiger partial charge on any atom is 0.259 e. The Morgan fingerprint density at radius 2 is 2.08 bits per heavy atom. The number of phenols is 1.